The zero-order chi connectivity index (χ0) is 18.0. The Labute approximate surface area is 157 Å². The Bertz CT molecular complexity index is 802. The average molecular weight is 426 g/mol. The number of esters is 1. The number of carbonyl (C=O) groups excluding carboxylic acids is 2. The molecule has 1 aliphatic rings. The van der Waals surface area contributed by atoms with Gasteiger partial charge in [-0.3, -0.25) is 4.79 Å². The third-order valence-corrected chi connectivity index (χ3v) is 5.50. The van der Waals surface area contributed by atoms with Crippen LogP contribution in [0.3, 0.4) is 0 Å². The minimum atomic E-state index is -0.593. The van der Waals surface area contributed by atoms with Crippen LogP contribution < -0.4 is 4.90 Å². The Morgan fingerprint density at radius 1 is 1.20 bits per heavy atom. The number of ether oxygens (including phenoxy) is 1. The zero-order valence-electron chi connectivity index (χ0n) is 13.4. The number of benzene rings is 1. The molecule has 0 spiro atoms. The van der Waals surface area contributed by atoms with Crippen molar-refractivity contribution in [1.29, 1.82) is 0 Å². The Kier molecular flexibility index (Phi) is 5.24. The van der Waals surface area contributed by atoms with Gasteiger partial charge in [0.1, 0.15) is 10.4 Å². The van der Waals surface area contributed by atoms with Crippen LogP contribution in [-0.4, -0.2) is 60.2 Å². The molecule has 3 rings (SSSR count). The first kappa shape index (κ1) is 17.7. The van der Waals surface area contributed by atoms with E-state index in [0.717, 1.165) is 9.73 Å². The van der Waals surface area contributed by atoms with Gasteiger partial charge >= 0.3 is 5.97 Å². The van der Waals surface area contributed by atoms with Gasteiger partial charge in [0, 0.05) is 37.1 Å². The highest BCUT2D eigenvalue weighted by molar-refractivity contribution is 9.10. The van der Waals surface area contributed by atoms with Crippen molar-refractivity contribution in [2.24, 2.45) is 0 Å². The predicted octanol–water partition coefficient (Wildman–Crippen LogP) is 2.36. The fourth-order valence-corrected chi connectivity index (χ4v) is 3.95. The topological polar surface area (TPSA) is 83.0 Å². The molecule has 1 amide bonds. The highest BCUT2D eigenvalue weighted by atomic mass is 79.9. The summed E-state index contributed by atoms with van der Waals surface area (Å²) in [7, 11) is 1.25. The molecule has 0 radical (unpaired) electrons. The van der Waals surface area contributed by atoms with Gasteiger partial charge in [-0.25, -0.2) is 9.78 Å². The molecule has 0 saturated carbocycles. The van der Waals surface area contributed by atoms with Crippen molar-refractivity contribution < 1.29 is 19.4 Å². The first-order valence-corrected chi connectivity index (χ1v) is 9.23. The Morgan fingerprint density at radius 3 is 2.48 bits per heavy atom. The highest BCUT2D eigenvalue weighted by Gasteiger charge is 2.24. The van der Waals surface area contributed by atoms with Crippen molar-refractivity contribution in [2.75, 3.05) is 38.2 Å². The number of anilines is 1. The molecule has 1 N–H and O–H groups in total. The van der Waals surface area contributed by atoms with Gasteiger partial charge < -0.3 is 19.6 Å². The summed E-state index contributed by atoms with van der Waals surface area (Å²) in [6.45, 7) is 2.43. The molecule has 25 heavy (non-hydrogen) atoms. The van der Waals surface area contributed by atoms with Gasteiger partial charge in [0.25, 0.3) is 5.91 Å². The normalized spacial score (nSPS) is 14.5. The van der Waals surface area contributed by atoms with Gasteiger partial charge in [-0.2, -0.15) is 0 Å². The average Bonchev–Trinajstić information content (AvgIpc) is 3.06. The van der Waals surface area contributed by atoms with Crippen molar-refractivity contribution in [1.82, 2.24) is 9.88 Å². The first-order valence-electron chi connectivity index (χ1n) is 7.55. The molecule has 1 saturated heterocycles. The fraction of sp³-hybridized carbons (Fsp3) is 0.312. The monoisotopic (exact) mass is 425 g/mol. The van der Waals surface area contributed by atoms with Crippen LogP contribution in [0.5, 0.6) is 5.75 Å². The number of rotatable bonds is 3. The molecule has 1 aromatic heterocycles. The molecule has 9 heteroatoms. The summed E-state index contributed by atoms with van der Waals surface area (Å²) in [6, 6.07) is 4.08. The van der Waals surface area contributed by atoms with E-state index in [1.165, 1.54) is 25.3 Å². The molecule has 0 bridgehead atoms. The summed E-state index contributed by atoms with van der Waals surface area (Å²) < 4.78 is 5.45. The van der Waals surface area contributed by atoms with Crippen LogP contribution in [0.1, 0.15) is 20.7 Å². The smallest absolute Gasteiger partial charge is 0.338 e. The molecule has 1 aromatic carbocycles. The maximum absolute atomic E-state index is 12.7. The van der Waals surface area contributed by atoms with Crippen LogP contribution in [0.25, 0.3) is 0 Å². The summed E-state index contributed by atoms with van der Waals surface area (Å²) in [5.41, 5.74) is 0.419. The van der Waals surface area contributed by atoms with E-state index in [0.29, 0.717) is 26.2 Å². The van der Waals surface area contributed by atoms with E-state index in [4.69, 9.17) is 0 Å². The number of hydrogen-bond acceptors (Lipinski definition) is 7. The molecule has 1 fully saturated rings. The van der Waals surface area contributed by atoms with Crippen LogP contribution in [0, 0.1) is 0 Å². The SMILES string of the molecule is COC(=O)c1cc(O)cc(C(=O)N2CCN(c3nc(Br)cs3)CC2)c1. The van der Waals surface area contributed by atoms with E-state index >= 15 is 0 Å². The van der Waals surface area contributed by atoms with Gasteiger partial charge in [0.05, 0.1) is 12.7 Å². The lowest BCUT2D eigenvalue weighted by Gasteiger charge is -2.34. The van der Waals surface area contributed by atoms with E-state index in [9.17, 15) is 14.7 Å². The number of methoxy groups -OCH3 is 1. The molecule has 2 heterocycles. The number of carbonyl (C=O) groups is 2. The van der Waals surface area contributed by atoms with E-state index in [-0.39, 0.29) is 22.8 Å². The van der Waals surface area contributed by atoms with Crippen molar-refractivity contribution >= 4 is 44.3 Å². The summed E-state index contributed by atoms with van der Waals surface area (Å²) in [4.78, 5) is 32.5. The van der Waals surface area contributed by atoms with E-state index in [1.807, 2.05) is 5.38 Å². The number of amides is 1. The largest absolute Gasteiger partial charge is 0.508 e. The van der Waals surface area contributed by atoms with E-state index < -0.39 is 5.97 Å². The number of halogens is 1. The molecule has 1 aliphatic heterocycles. The van der Waals surface area contributed by atoms with Crippen LogP contribution in [0.4, 0.5) is 5.13 Å². The Balaban J connectivity index is 1.70. The zero-order valence-corrected chi connectivity index (χ0v) is 15.8. The summed E-state index contributed by atoms with van der Waals surface area (Å²) >= 11 is 4.89. The summed E-state index contributed by atoms with van der Waals surface area (Å²) in [5.74, 6) is -0.956. The maximum Gasteiger partial charge on any atom is 0.338 e. The lowest BCUT2D eigenvalue weighted by Crippen LogP contribution is -2.48. The second-order valence-electron chi connectivity index (χ2n) is 5.49. The maximum atomic E-state index is 12.7. The Morgan fingerprint density at radius 2 is 1.88 bits per heavy atom. The fourth-order valence-electron chi connectivity index (χ4n) is 2.64. The van der Waals surface area contributed by atoms with Gasteiger partial charge in [0.2, 0.25) is 0 Å². The van der Waals surface area contributed by atoms with Crippen LogP contribution in [0.15, 0.2) is 28.2 Å². The van der Waals surface area contributed by atoms with Gasteiger partial charge in [-0.15, -0.1) is 11.3 Å². The predicted molar refractivity (Wildman–Crippen MR) is 97.4 cm³/mol. The second kappa shape index (κ2) is 7.40. The molecule has 132 valence electrons. The molecule has 7 nitrogen and oxygen atoms in total. The molecular formula is C16H16BrN3O4S. The van der Waals surface area contributed by atoms with E-state index in [2.05, 4.69) is 30.6 Å². The number of thiazole rings is 1. The van der Waals surface area contributed by atoms with Crippen LogP contribution in [-0.2, 0) is 4.74 Å². The number of hydrogen-bond donors (Lipinski definition) is 1. The lowest BCUT2D eigenvalue weighted by atomic mass is 10.1. The van der Waals surface area contributed by atoms with Crippen molar-refractivity contribution in [3.63, 3.8) is 0 Å². The number of piperazine rings is 1. The molecule has 0 aliphatic carbocycles. The standard InChI is InChI=1S/C16H16BrN3O4S/c1-24-15(23)11-6-10(7-12(21)8-11)14(22)19-2-4-20(5-3-19)16-18-13(17)9-25-16/h6-9,21H,2-5H2,1H3. The molecule has 0 atom stereocenters. The molecule has 0 unspecified atom stereocenters. The Hall–Kier alpha value is -2.13. The van der Waals surface area contributed by atoms with Crippen molar-refractivity contribution in [3.8, 4) is 5.75 Å². The number of aromatic hydroxyl groups is 1. The molecular weight excluding hydrogens is 410 g/mol. The van der Waals surface area contributed by atoms with Gasteiger partial charge in [-0.05, 0) is 34.1 Å². The van der Waals surface area contributed by atoms with Crippen LogP contribution in [0.2, 0.25) is 0 Å². The van der Waals surface area contributed by atoms with Gasteiger partial charge in [0.15, 0.2) is 5.13 Å². The second-order valence-corrected chi connectivity index (χ2v) is 7.14. The summed E-state index contributed by atoms with van der Waals surface area (Å²) in [5, 5.41) is 12.6. The van der Waals surface area contributed by atoms with Crippen LogP contribution >= 0.6 is 27.3 Å². The number of aromatic nitrogens is 1. The lowest BCUT2D eigenvalue weighted by molar-refractivity contribution is 0.0600. The van der Waals surface area contributed by atoms with Gasteiger partial charge in [-0.1, -0.05) is 0 Å². The number of phenols is 1. The minimum absolute atomic E-state index is 0.141. The summed E-state index contributed by atoms with van der Waals surface area (Å²) in [6.07, 6.45) is 0. The minimum Gasteiger partial charge on any atom is -0.508 e. The highest BCUT2D eigenvalue weighted by Crippen LogP contribution is 2.25. The van der Waals surface area contributed by atoms with E-state index in [1.54, 1.807) is 16.2 Å². The quantitative estimate of drug-likeness (QED) is 0.759. The first-order chi connectivity index (χ1) is 12.0. The molecule has 2 aromatic rings. The third kappa shape index (κ3) is 3.93. The number of nitrogens with zero attached hydrogens (tertiary/aromatic N) is 3. The number of phenolic OH excluding ortho intramolecular Hbond substituents is 1. The third-order valence-electron chi connectivity index (χ3n) is 3.89. The van der Waals surface area contributed by atoms with Crippen molar-refractivity contribution in [2.45, 2.75) is 0 Å². The van der Waals surface area contributed by atoms with Crippen molar-refractivity contribution in [3.05, 3.63) is 39.3 Å².